The highest BCUT2D eigenvalue weighted by Crippen LogP contribution is 2.28. The lowest BCUT2D eigenvalue weighted by molar-refractivity contribution is 1.25. The van der Waals surface area contributed by atoms with Crippen LogP contribution in [0.4, 0.5) is 17.3 Å². The van der Waals surface area contributed by atoms with Crippen LogP contribution in [0.5, 0.6) is 0 Å². The summed E-state index contributed by atoms with van der Waals surface area (Å²) in [4.78, 5) is 8.74. The third-order valence-corrected chi connectivity index (χ3v) is 3.32. The van der Waals surface area contributed by atoms with E-state index in [-0.39, 0.29) is 0 Å². The molecule has 0 bridgehead atoms. The lowest BCUT2D eigenvalue weighted by Gasteiger charge is -2.08. The van der Waals surface area contributed by atoms with Gasteiger partial charge in [0.15, 0.2) is 0 Å². The van der Waals surface area contributed by atoms with Gasteiger partial charge >= 0.3 is 0 Å². The fourth-order valence-electron chi connectivity index (χ4n) is 2.01. The molecular weight excluding hydrogens is 272 g/mol. The Bertz CT molecular complexity index is 786. The van der Waals surface area contributed by atoms with Crippen LogP contribution in [0.25, 0.3) is 10.9 Å². The van der Waals surface area contributed by atoms with E-state index in [0.29, 0.717) is 22.0 Å². The standard InChI is InChI=1S/C15H13ClN4/c1-9-6-7-18-14(8-9)19-13-5-2-10-12(17)4-3-11(16)15(10)20-13/h2-8H,17H2,1H3,(H,18,19,20). The summed E-state index contributed by atoms with van der Waals surface area (Å²) in [5.74, 6) is 1.43. The number of fused-ring (bicyclic) bond motifs is 1. The number of aromatic nitrogens is 2. The molecule has 0 fully saturated rings. The molecule has 0 amide bonds. The second-order valence-electron chi connectivity index (χ2n) is 4.57. The van der Waals surface area contributed by atoms with Gasteiger partial charge in [0.25, 0.3) is 0 Å². The summed E-state index contributed by atoms with van der Waals surface area (Å²) in [7, 11) is 0. The van der Waals surface area contributed by atoms with Crippen LogP contribution in [0.3, 0.4) is 0 Å². The van der Waals surface area contributed by atoms with Crippen molar-refractivity contribution < 1.29 is 0 Å². The zero-order valence-electron chi connectivity index (χ0n) is 10.9. The van der Waals surface area contributed by atoms with E-state index in [1.807, 2.05) is 31.2 Å². The first kappa shape index (κ1) is 12.7. The van der Waals surface area contributed by atoms with E-state index in [4.69, 9.17) is 17.3 Å². The lowest BCUT2D eigenvalue weighted by atomic mass is 10.2. The van der Waals surface area contributed by atoms with E-state index in [1.54, 1.807) is 18.3 Å². The van der Waals surface area contributed by atoms with Crippen molar-refractivity contribution >= 4 is 39.8 Å². The van der Waals surface area contributed by atoms with Crippen LogP contribution in [-0.4, -0.2) is 9.97 Å². The van der Waals surface area contributed by atoms with Gasteiger partial charge in [-0.3, -0.25) is 0 Å². The summed E-state index contributed by atoms with van der Waals surface area (Å²) in [5.41, 5.74) is 8.39. The quantitative estimate of drug-likeness (QED) is 0.700. The first-order valence-electron chi connectivity index (χ1n) is 6.18. The summed E-state index contributed by atoms with van der Waals surface area (Å²) < 4.78 is 0. The summed E-state index contributed by atoms with van der Waals surface area (Å²) in [6, 6.07) is 11.2. The normalized spacial score (nSPS) is 10.7. The first-order chi connectivity index (χ1) is 9.63. The number of hydrogen-bond donors (Lipinski definition) is 2. The molecule has 0 unspecified atom stereocenters. The Morgan fingerprint density at radius 3 is 2.75 bits per heavy atom. The molecule has 0 radical (unpaired) electrons. The molecule has 0 aliphatic heterocycles. The number of nitrogens with two attached hydrogens (primary N) is 1. The number of nitrogens with zero attached hydrogens (tertiary/aromatic N) is 2. The minimum Gasteiger partial charge on any atom is -0.398 e. The second-order valence-corrected chi connectivity index (χ2v) is 4.98. The molecule has 1 aromatic carbocycles. The van der Waals surface area contributed by atoms with E-state index < -0.39 is 0 Å². The van der Waals surface area contributed by atoms with Crippen LogP contribution in [0.1, 0.15) is 5.56 Å². The molecule has 20 heavy (non-hydrogen) atoms. The Hall–Kier alpha value is -2.33. The number of pyridine rings is 2. The maximum atomic E-state index is 6.17. The van der Waals surface area contributed by atoms with Crippen molar-refractivity contribution in [2.24, 2.45) is 0 Å². The zero-order chi connectivity index (χ0) is 14.1. The van der Waals surface area contributed by atoms with Crippen LogP contribution >= 0.6 is 11.6 Å². The third kappa shape index (κ3) is 2.38. The fraction of sp³-hybridized carbons (Fsp3) is 0.0667. The van der Waals surface area contributed by atoms with Gasteiger partial charge in [-0.15, -0.1) is 0 Å². The van der Waals surface area contributed by atoms with Gasteiger partial charge in [0.1, 0.15) is 11.6 Å². The second kappa shape index (κ2) is 4.98. The Morgan fingerprint density at radius 1 is 1.10 bits per heavy atom. The van der Waals surface area contributed by atoms with Crippen molar-refractivity contribution in [2.45, 2.75) is 6.92 Å². The Kier molecular flexibility index (Phi) is 3.16. The molecule has 0 saturated carbocycles. The maximum Gasteiger partial charge on any atom is 0.132 e. The summed E-state index contributed by atoms with van der Waals surface area (Å²) in [5, 5.41) is 4.59. The third-order valence-electron chi connectivity index (χ3n) is 3.01. The van der Waals surface area contributed by atoms with E-state index in [9.17, 15) is 0 Å². The van der Waals surface area contributed by atoms with Crippen LogP contribution in [-0.2, 0) is 0 Å². The smallest absolute Gasteiger partial charge is 0.132 e. The Labute approximate surface area is 121 Å². The summed E-state index contributed by atoms with van der Waals surface area (Å²) in [6.45, 7) is 2.01. The Balaban J connectivity index is 2.03. The van der Waals surface area contributed by atoms with E-state index in [0.717, 1.165) is 16.8 Å². The number of aryl methyl sites for hydroxylation is 1. The minimum atomic E-state index is 0.579. The number of nitrogen functional groups attached to an aromatic ring is 1. The molecule has 4 nitrogen and oxygen atoms in total. The molecular formula is C15H13ClN4. The molecule has 0 saturated heterocycles. The molecule has 0 aliphatic rings. The van der Waals surface area contributed by atoms with Gasteiger partial charge < -0.3 is 11.1 Å². The average molecular weight is 285 g/mol. The molecule has 5 heteroatoms. The number of nitrogens with one attached hydrogen (secondary N) is 1. The van der Waals surface area contributed by atoms with Gasteiger partial charge in [0.2, 0.25) is 0 Å². The molecule has 3 rings (SSSR count). The predicted octanol–water partition coefficient (Wildman–Crippen LogP) is 3.92. The van der Waals surface area contributed by atoms with Crippen LogP contribution < -0.4 is 11.1 Å². The van der Waals surface area contributed by atoms with Crippen LogP contribution in [0.2, 0.25) is 5.02 Å². The van der Waals surface area contributed by atoms with Crippen molar-refractivity contribution in [1.29, 1.82) is 0 Å². The number of benzene rings is 1. The molecule has 0 aliphatic carbocycles. The van der Waals surface area contributed by atoms with Gasteiger partial charge in [-0.05, 0) is 48.9 Å². The van der Waals surface area contributed by atoms with E-state index in [1.165, 1.54) is 0 Å². The zero-order valence-corrected chi connectivity index (χ0v) is 11.6. The molecule has 0 atom stereocenters. The highest BCUT2D eigenvalue weighted by Gasteiger charge is 2.06. The monoisotopic (exact) mass is 284 g/mol. The van der Waals surface area contributed by atoms with Crippen molar-refractivity contribution in [1.82, 2.24) is 9.97 Å². The van der Waals surface area contributed by atoms with E-state index >= 15 is 0 Å². The Morgan fingerprint density at radius 2 is 1.95 bits per heavy atom. The molecule has 0 spiro atoms. The number of anilines is 3. The number of halogens is 1. The van der Waals surface area contributed by atoms with Gasteiger partial charge in [-0.2, -0.15) is 0 Å². The number of rotatable bonds is 2. The van der Waals surface area contributed by atoms with Crippen molar-refractivity contribution in [3.8, 4) is 0 Å². The highest BCUT2D eigenvalue weighted by molar-refractivity contribution is 6.35. The summed E-state index contributed by atoms with van der Waals surface area (Å²) in [6.07, 6.45) is 1.75. The topological polar surface area (TPSA) is 63.8 Å². The van der Waals surface area contributed by atoms with Crippen LogP contribution in [0, 0.1) is 6.92 Å². The largest absolute Gasteiger partial charge is 0.398 e. The predicted molar refractivity (Wildman–Crippen MR) is 83.4 cm³/mol. The van der Waals surface area contributed by atoms with Crippen molar-refractivity contribution in [2.75, 3.05) is 11.1 Å². The lowest BCUT2D eigenvalue weighted by Crippen LogP contribution is -1.97. The SMILES string of the molecule is Cc1ccnc(Nc2ccc3c(N)ccc(Cl)c3n2)c1. The molecule has 3 N–H and O–H groups in total. The number of hydrogen-bond acceptors (Lipinski definition) is 4. The van der Waals surface area contributed by atoms with Crippen molar-refractivity contribution in [3.63, 3.8) is 0 Å². The minimum absolute atomic E-state index is 0.579. The summed E-state index contributed by atoms with van der Waals surface area (Å²) >= 11 is 6.17. The van der Waals surface area contributed by atoms with Crippen molar-refractivity contribution in [3.05, 3.63) is 53.2 Å². The molecule has 2 heterocycles. The highest BCUT2D eigenvalue weighted by atomic mass is 35.5. The molecule has 2 aromatic heterocycles. The average Bonchev–Trinajstić information content (AvgIpc) is 2.43. The van der Waals surface area contributed by atoms with Crippen LogP contribution in [0.15, 0.2) is 42.6 Å². The van der Waals surface area contributed by atoms with Gasteiger partial charge in [-0.1, -0.05) is 11.6 Å². The first-order valence-corrected chi connectivity index (χ1v) is 6.56. The van der Waals surface area contributed by atoms with Gasteiger partial charge in [0.05, 0.1) is 10.5 Å². The molecule has 3 aromatic rings. The van der Waals surface area contributed by atoms with Gasteiger partial charge in [0, 0.05) is 17.3 Å². The maximum absolute atomic E-state index is 6.17. The van der Waals surface area contributed by atoms with Gasteiger partial charge in [-0.25, -0.2) is 9.97 Å². The fourth-order valence-corrected chi connectivity index (χ4v) is 2.22. The van der Waals surface area contributed by atoms with E-state index in [2.05, 4.69) is 15.3 Å². The molecule has 100 valence electrons.